The molecule has 2 fully saturated rings. The fourth-order valence-corrected chi connectivity index (χ4v) is 7.04. The van der Waals surface area contributed by atoms with Crippen molar-refractivity contribution in [3.8, 4) is 0 Å². The molecule has 264 valence electrons. The van der Waals surface area contributed by atoms with E-state index in [1.807, 2.05) is 40.7 Å². The lowest BCUT2D eigenvalue weighted by atomic mass is 9.76. The second-order valence-corrected chi connectivity index (χ2v) is 15.4. The number of amides is 1. The van der Waals surface area contributed by atoms with Crippen LogP contribution in [0.5, 0.6) is 0 Å². The monoisotopic (exact) mass is 650 g/mol. The van der Waals surface area contributed by atoms with Crippen molar-refractivity contribution < 1.29 is 39.1 Å². The molecule has 12 atom stereocenters. The van der Waals surface area contributed by atoms with Crippen LogP contribution in [0, 0.1) is 23.2 Å². The molecule has 0 spiro atoms. The van der Waals surface area contributed by atoms with Crippen molar-refractivity contribution in [1.29, 1.82) is 0 Å². The Bertz CT molecular complexity index is 1050. The first-order chi connectivity index (χ1) is 21.4. The van der Waals surface area contributed by atoms with Gasteiger partial charge in [0.1, 0.15) is 11.7 Å². The average molecular weight is 651 g/mol. The second kappa shape index (κ2) is 16.4. The Morgan fingerprint density at radius 2 is 1.87 bits per heavy atom. The maximum absolute atomic E-state index is 13.3. The molecule has 1 amide bonds. The van der Waals surface area contributed by atoms with Gasteiger partial charge in [-0.25, -0.2) is 4.79 Å². The molecule has 46 heavy (non-hydrogen) atoms. The summed E-state index contributed by atoms with van der Waals surface area (Å²) < 4.78 is 17.9. The van der Waals surface area contributed by atoms with Gasteiger partial charge in [0.15, 0.2) is 6.10 Å². The first kappa shape index (κ1) is 38.5. The minimum absolute atomic E-state index is 0.105. The van der Waals surface area contributed by atoms with Crippen molar-refractivity contribution in [3.63, 3.8) is 0 Å². The smallest absolute Gasteiger partial charge is 0.410 e. The number of esters is 1. The number of ether oxygens (including phenoxy) is 3. The average Bonchev–Trinajstić information content (AvgIpc) is 3.73. The highest BCUT2D eigenvalue weighted by molar-refractivity contribution is 5.70. The van der Waals surface area contributed by atoms with Gasteiger partial charge in [-0.15, -0.1) is 0 Å². The van der Waals surface area contributed by atoms with Crippen LogP contribution in [0.15, 0.2) is 24.3 Å². The highest BCUT2D eigenvalue weighted by Gasteiger charge is 2.45. The Morgan fingerprint density at radius 3 is 2.50 bits per heavy atom. The van der Waals surface area contributed by atoms with Crippen LogP contribution >= 0.6 is 0 Å². The molecule has 3 rings (SSSR count). The molecule has 0 saturated carbocycles. The third kappa shape index (κ3) is 11.0. The SMILES string of the molecule is CCC(O)C(C)C1OC1CC(C)/C=C/CC(C)(C)C1OC(=O)CC(O)CC[C@](C)(O)C(OC(=O)N2CC(C)NC(C)C2)/C=C/C1C. The first-order valence-electron chi connectivity index (χ1n) is 17.4. The Hall–Kier alpha value is -1.98. The standard InChI is InChI=1S/C36H62N2O8/c1-10-28(40)26(6)32-29(44-32)18-22(2)12-11-16-35(7,8)33-23(3)13-14-30(36(9,43)17-15-27(39)19-31(41)46-33)45-34(42)38-20-24(4)37-25(5)21-38/h11-14,22-30,32-33,37,39-40,43H,10,15-21H2,1-9H3/b12-11+,14-13+/t22?,23?,24?,25?,26?,27?,28?,29?,30?,32?,33?,36-/m0/s1. The Labute approximate surface area is 276 Å². The van der Waals surface area contributed by atoms with Gasteiger partial charge in [0.25, 0.3) is 0 Å². The number of hydrogen-bond donors (Lipinski definition) is 4. The van der Waals surface area contributed by atoms with Gasteiger partial charge in [-0.2, -0.15) is 0 Å². The molecule has 0 radical (unpaired) electrons. The number of hydrogen-bond acceptors (Lipinski definition) is 9. The Morgan fingerprint density at radius 1 is 1.22 bits per heavy atom. The molecular formula is C36H62N2O8. The van der Waals surface area contributed by atoms with E-state index in [4.69, 9.17) is 14.2 Å². The van der Waals surface area contributed by atoms with Gasteiger partial charge in [-0.3, -0.25) is 4.79 Å². The van der Waals surface area contributed by atoms with E-state index in [1.165, 1.54) is 0 Å². The van der Waals surface area contributed by atoms with Crippen molar-refractivity contribution in [3.05, 3.63) is 24.3 Å². The zero-order valence-electron chi connectivity index (χ0n) is 29.6. The maximum Gasteiger partial charge on any atom is 0.410 e. The van der Waals surface area contributed by atoms with Gasteiger partial charge >= 0.3 is 12.1 Å². The zero-order valence-corrected chi connectivity index (χ0v) is 29.6. The topological polar surface area (TPSA) is 141 Å². The van der Waals surface area contributed by atoms with E-state index in [9.17, 15) is 24.9 Å². The van der Waals surface area contributed by atoms with Crippen molar-refractivity contribution in [2.24, 2.45) is 23.2 Å². The molecule has 10 nitrogen and oxygen atoms in total. The number of piperazine rings is 1. The number of epoxide rings is 1. The molecule has 0 bridgehead atoms. The molecule has 0 aromatic heterocycles. The minimum atomic E-state index is -1.46. The van der Waals surface area contributed by atoms with E-state index in [0.29, 0.717) is 19.5 Å². The number of allylic oxidation sites excluding steroid dienone is 2. The summed E-state index contributed by atoms with van der Waals surface area (Å²) in [4.78, 5) is 27.9. The van der Waals surface area contributed by atoms with Gasteiger partial charge in [0.2, 0.25) is 0 Å². The maximum atomic E-state index is 13.3. The van der Waals surface area contributed by atoms with Gasteiger partial charge in [0, 0.05) is 42.4 Å². The molecule has 11 unspecified atom stereocenters. The first-order valence-corrected chi connectivity index (χ1v) is 17.4. The molecule has 0 aromatic rings. The van der Waals surface area contributed by atoms with Crippen LogP contribution in [-0.2, 0) is 19.0 Å². The van der Waals surface area contributed by atoms with Crippen molar-refractivity contribution in [2.45, 2.75) is 155 Å². The van der Waals surface area contributed by atoms with E-state index in [-0.39, 0.29) is 67.4 Å². The van der Waals surface area contributed by atoms with Gasteiger partial charge in [-0.1, -0.05) is 59.8 Å². The highest BCUT2D eigenvalue weighted by atomic mass is 16.6. The third-order valence-corrected chi connectivity index (χ3v) is 10.0. The molecule has 3 heterocycles. The number of cyclic esters (lactones) is 1. The number of aliphatic hydroxyl groups is 3. The normalized spacial score (nSPS) is 37.4. The Balaban J connectivity index is 1.72. The molecule has 3 aliphatic heterocycles. The zero-order chi connectivity index (χ0) is 34.4. The van der Waals surface area contributed by atoms with Crippen LogP contribution in [0.3, 0.4) is 0 Å². The lowest BCUT2D eigenvalue weighted by Gasteiger charge is -2.39. The summed E-state index contributed by atoms with van der Waals surface area (Å²) in [7, 11) is 0. The van der Waals surface area contributed by atoms with E-state index < -0.39 is 41.4 Å². The molecule has 2 saturated heterocycles. The summed E-state index contributed by atoms with van der Waals surface area (Å²) >= 11 is 0. The van der Waals surface area contributed by atoms with E-state index in [0.717, 1.165) is 12.8 Å². The summed E-state index contributed by atoms with van der Waals surface area (Å²) in [5.74, 6) is -0.351. The van der Waals surface area contributed by atoms with Crippen molar-refractivity contribution in [2.75, 3.05) is 13.1 Å². The molecule has 0 aromatic carbocycles. The summed E-state index contributed by atoms with van der Waals surface area (Å²) in [5, 5.41) is 35.7. The largest absolute Gasteiger partial charge is 0.461 e. The van der Waals surface area contributed by atoms with Gasteiger partial charge in [0.05, 0.1) is 30.8 Å². The fourth-order valence-electron chi connectivity index (χ4n) is 7.04. The number of carbonyl (C=O) groups excluding carboxylic acids is 2. The highest BCUT2D eigenvalue weighted by Crippen LogP contribution is 2.38. The predicted molar refractivity (Wildman–Crippen MR) is 178 cm³/mol. The molecule has 3 aliphatic rings. The lowest BCUT2D eigenvalue weighted by Crippen LogP contribution is -2.57. The predicted octanol–water partition coefficient (Wildman–Crippen LogP) is 4.75. The summed E-state index contributed by atoms with van der Waals surface area (Å²) in [5.41, 5.74) is -1.92. The van der Waals surface area contributed by atoms with E-state index in [2.05, 4.69) is 38.2 Å². The molecule has 10 heteroatoms. The second-order valence-electron chi connectivity index (χ2n) is 15.4. The quantitative estimate of drug-likeness (QED) is 0.150. The van der Waals surface area contributed by atoms with Crippen molar-refractivity contribution in [1.82, 2.24) is 10.2 Å². The summed E-state index contributed by atoms with van der Waals surface area (Å²) in [6.07, 6.45) is 7.17. The van der Waals surface area contributed by atoms with Gasteiger partial charge < -0.3 is 39.7 Å². The van der Waals surface area contributed by atoms with E-state index in [1.54, 1.807) is 17.9 Å². The van der Waals surface area contributed by atoms with Crippen LogP contribution < -0.4 is 5.32 Å². The number of nitrogens with zero attached hydrogens (tertiary/aromatic N) is 1. The lowest BCUT2D eigenvalue weighted by molar-refractivity contribution is -0.160. The number of nitrogens with one attached hydrogen (secondary N) is 1. The van der Waals surface area contributed by atoms with Crippen LogP contribution in [0.2, 0.25) is 0 Å². The van der Waals surface area contributed by atoms with Crippen LogP contribution in [0.25, 0.3) is 0 Å². The number of rotatable bonds is 10. The molecule has 4 N–H and O–H groups in total. The summed E-state index contributed by atoms with van der Waals surface area (Å²) in [6.45, 7) is 18.9. The van der Waals surface area contributed by atoms with Gasteiger partial charge in [-0.05, 0) is 64.9 Å². The van der Waals surface area contributed by atoms with Crippen molar-refractivity contribution >= 4 is 12.1 Å². The number of carbonyl (C=O) groups is 2. The molecule has 0 aliphatic carbocycles. The fraction of sp³-hybridized carbons (Fsp3) is 0.833. The Kier molecular flexibility index (Phi) is 13.7. The van der Waals surface area contributed by atoms with E-state index >= 15 is 0 Å². The van der Waals surface area contributed by atoms with Crippen LogP contribution in [0.4, 0.5) is 4.79 Å². The van der Waals surface area contributed by atoms with Crippen LogP contribution in [0.1, 0.15) is 101 Å². The minimum Gasteiger partial charge on any atom is -0.461 e. The number of aliphatic hydroxyl groups excluding tert-OH is 2. The third-order valence-electron chi connectivity index (χ3n) is 10.0. The molecular weight excluding hydrogens is 588 g/mol. The summed E-state index contributed by atoms with van der Waals surface area (Å²) in [6, 6.07) is 0.243. The van der Waals surface area contributed by atoms with Crippen LogP contribution in [-0.4, -0.2) is 99.7 Å².